The minimum absolute atomic E-state index is 0.204. The molecule has 0 radical (unpaired) electrons. The van der Waals surface area contributed by atoms with Gasteiger partial charge < -0.3 is 10.2 Å². The topological polar surface area (TPSA) is 75.4 Å². The van der Waals surface area contributed by atoms with Crippen LogP contribution in [0.5, 0.6) is 0 Å². The molecule has 2 heterocycles. The molecule has 0 saturated carbocycles. The molecule has 8 heteroatoms. The molecule has 7 nitrogen and oxygen atoms in total. The highest BCUT2D eigenvalue weighted by molar-refractivity contribution is 6.35. The van der Waals surface area contributed by atoms with E-state index in [0.29, 0.717) is 17.3 Å². The lowest BCUT2D eigenvalue weighted by Gasteiger charge is -2.16. The second-order valence-electron chi connectivity index (χ2n) is 6.32. The van der Waals surface area contributed by atoms with Crippen molar-refractivity contribution in [3.05, 3.63) is 70.8 Å². The Hall–Kier alpha value is -3.19. The van der Waals surface area contributed by atoms with Gasteiger partial charge in [-0.3, -0.25) is 9.56 Å². The first kappa shape index (κ1) is 17.2. The van der Waals surface area contributed by atoms with Crippen LogP contribution in [0.25, 0.3) is 5.69 Å². The Morgan fingerprint density at radius 3 is 2.78 bits per heavy atom. The van der Waals surface area contributed by atoms with Gasteiger partial charge in [-0.2, -0.15) is 0 Å². The number of hydrogen-bond donors (Lipinski definition) is 1. The van der Waals surface area contributed by atoms with Crippen LogP contribution in [-0.4, -0.2) is 45.5 Å². The average Bonchev–Trinajstić information content (AvgIpc) is 3.06. The van der Waals surface area contributed by atoms with Crippen molar-refractivity contribution < 1.29 is 4.79 Å². The number of amides is 2. The molecule has 3 aromatic rings. The fourth-order valence-corrected chi connectivity index (χ4v) is 3.16. The van der Waals surface area contributed by atoms with Gasteiger partial charge in [-0.1, -0.05) is 29.8 Å². The summed E-state index contributed by atoms with van der Waals surface area (Å²) in [5, 5.41) is 11.6. The summed E-state index contributed by atoms with van der Waals surface area (Å²) < 4.78 is 1.90. The fraction of sp³-hybridized carbons (Fsp3) is 0.158. The lowest BCUT2D eigenvalue weighted by molar-refractivity contribution is 0.230. The summed E-state index contributed by atoms with van der Waals surface area (Å²) in [5.41, 5.74) is 3.98. The first-order valence-corrected chi connectivity index (χ1v) is 8.74. The zero-order valence-corrected chi connectivity index (χ0v) is 15.6. The summed E-state index contributed by atoms with van der Waals surface area (Å²) >= 11 is 6.44. The minimum Gasteiger partial charge on any atom is -0.331 e. The van der Waals surface area contributed by atoms with Gasteiger partial charge in [-0.25, -0.2) is 4.79 Å². The number of carbonyl (C=O) groups is 1. The van der Waals surface area contributed by atoms with E-state index in [2.05, 4.69) is 15.5 Å². The standard InChI is InChI=1S/C19H17ClN6O/c1-25(2)19(27)23-12-7-8-16-14(9-12)18(13-5-3-4-6-15(13)20)21-10-17-24-22-11-26(16)17/h3-9,11H,10H2,1-2H3,(H,23,27). The third-order valence-corrected chi connectivity index (χ3v) is 4.62. The van der Waals surface area contributed by atoms with Gasteiger partial charge in [0.1, 0.15) is 12.9 Å². The lowest BCUT2D eigenvalue weighted by atomic mass is 9.99. The van der Waals surface area contributed by atoms with Crippen molar-refractivity contribution in [2.45, 2.75) is 6.54 Å². The Labute approximate surface area is 161 Å². The number of hydrogen-bond acceptors (Lipinski definition) is 4. The largest absolute Gasteiger partial charge is 0.331 e. The van der Waals surface area contributed by atoms with Crippen LogP contribution in [0.2, 0.25) is 5.02 Å². The van der Waals surface area contributed by atoms with E-state index in [1.807, 2.05) is 47.0 Å². The molecule has 0 saturated heterocycles. The molecule has 1 aliphatic rings. The summed E-state index contributed by atoms with van der Waals surface area (Å²) in [4.78, 5) is 18.3. The summed E-state index contributed by atoms with van der Waals surface area (Å²) in [5.74, 6) is 0.739. The highest BCUT2D eigenvalue weighted by Gasteiger charge is 2.22. The first-order chi connectivity index (χ1) is 13.0. The van der Waals surface area contributed by atoms with Crippen LogP contribution in [0.3, 0.4) is 0 Å². The van der Waals surface area contributed by atoms with E-state index < -0.39 is 0 Å². The molecule has 1 aromatic heterocycles. The van der Waals surface area contributed by atoms with Crippen molar-refractivity contribution >= 4 is 29.0 Å². The van der Waals surface area contributed by atoms with Crippen LogP contribution in [0.4, 0.5) is 10.5 Å². The van der Waals surface area contributed by atoms with E-state index in [1.54, 1.807) is 20.4 Å². The quantitative estimate of drug-likeness (QED) is 0.740. The van der Waals surface area contributed by atoms with Gasteiger partial charge >= 0.3 is 6.03 Å². The number of rotatable bonds is 2. The number of anilines is 1. The zero-order chi connectivity index (χ0) is 19.0. The molecule has 1 N–H and O–H groups in total. The summed E-state index contributed by atoms with van der Waals surface area (Å²) in [6, 6.07) is 13.0. The van der Waals surface area contributed by atoms with E-state index in [9.17, 15) is 4.79 Å². The molecular weight excluding hydrogens is 364 g/mol. The SMILES string of the molecule is CN(C)C(=O)Nc1ccc2c(c1)C(c1ccccc1Cl)=NCc1nncn1-2. The van der Waals surface area contributed by atoms with Crippen molar-refractivity contribution in [2.24, 2.45) is 4.99 Å². The molecular formula is C19H17ClN6O. The number of nitrogens with zero attached hydrogens (tertiary/aromatic N) is 5. The molecule has 2 aromatic carbocycles. The van der Waals surface area contributed by atoms with E-state index in [4.69, 9.17) is 16.6 Å². The fourth-order valence-electron chi connectivity index (χ4n) is 2.94. The lowest BCUT2D eigenvalue weighted by Crippen LogP contribution is -2.27. The van der Waals surface area contributed by atoms with E-state index in [-0.39, 0.29) is 6.03 Å². The van der Waals surface area contributed by atoms with Crippen LogP contribution in [0, 0.1) is 0 Å². The van der Waals surface area contributed by atoms with Crippen LogP contribution in [0.15, 0.2) is 53.8 Å². The first-order valence-electron chi connectivity index (χ1n) is 8.36. The average molecular weight is 381 g/mol. The normalized spacial score (nSPS) is 12.5. The Morgan fingerprint density at radius 1 is 1.19 bits per heavy atom. The minimum atomic E-state index is -0.204. The van der Waals surface area contributed by atoms with E-state index in [1.165, 1.54) is 4.90 Å². The highest BCUT2D eigenvalue weighted by Crippen LogP contribution is 2.29. The molecule has 0 atom stereocenters. The van der Waals surface area contributed by atoms with Gasteiger partial charge in [-0.05, 0) is 24.3 Å². The Morgan fingerprint density at radius 2 is 2.00 bits per heavy atom. The Kier molecular flexibility index (Phi) is 4.37. The van der Waals surface area contributed by atoms with Crippen molar-refractivity contribution in [3.8, 4) is 5.69 Å². The van der Waals surface area contributed by atoms with Gasteiger partial charge in [0.15, 0.2) is 5.82 Å². The monoisotopic (exact) mass is 380 g/mol. The third-order valence-electron chi connectivity index (χ3n) is 4.29. The summed E-state index contributed by atoms with van der Waals surface area (Å²) in [6.07, 6.45) is 1.66. The summed E-state index contributed by atoms with van der Waals surface area (Å²) in [6.45, 7) is 0.384. The maximum absolute atomic E-state index is 12.0. The number of halogens is 1. The second-order valence-corrected chi connectivity index (χ2v) is 6.73. The van der Waals surface area contributed by atoms with E-state index >= 15 is 0 Å². The molecule has 4 rings (SSSR count). The van der Waals surface area contributed by atoms with Gasteiger partial charge in [0.05, 0.1) is 11.4 Å². The number of benzene rings is 2. The van der Waals surface area contributed by atoms with Crippen LogP contribution >= 0.6 is 11.6 Å². The predicted octanol–water partition coefficient (Wildman–Crippen LogP) is 3.37. The molecule has 0 aliphatic carbocycles. The molecule has 136 valence electrons. The molecule has 0 fully saturated rings. The molecule has 0 unspecified atom stereocenters. The Balaban J connectivity index is 1.88. The molecule has 2 amide bonds. The molecule has 0 bridgehead atoms. The number of carbonyl (C=O) groups excluding carboxylic acids is 1. The number of aliphatic imine (C=N–C) groups is 1. The van der Waals surface area contributed by atoms with Crippen LogP contribution in [-0.2, 0) is 6.54 Å². The van der Waals surface area contributed by atoms with Crippen molar-refractivity contribution in [2.75, 3.05) is 19.4 Å². The van der Waals surface area contributed by atoms with Crippen LogP contribution in [0.1, 0.15) is 17.0 Å². The third kappa shape index (κ3) is 3.17. The number of aromatic nitrogens is 3. The van der Waals surface area contributed by atoms with Gasteiger partial charge in [0.2, 0.25) is 0 Å². The van der Waals surface area contributed by atoms with Gasteiger partial charge in [0, 0.05) is 35.9 Å². The predicted molar refractivity (Wildman–Crippen MR) is 105 cm³/mol. The summed E-state index contributed by atoms with van der Waals surface area (Å²) in [7, 11) is 3.39. The van der Waals surface area contributed by atoms with Crippen molar-refractivity contribution in [3.63, 3.8) is 0 Å². The van der Waals surface area contributed by atoms with Crippen LogP contribution < -0.4 is 5.32 Å². The van der Waals surface area contributed by atoms with Crippen molar-refractivity contribution in [1.29, 1.82) is 0 Å². The maximum Gasteiger partial charge on any atom is 0.321 e. The Bertz CT molecular complexity index is 1060. The highest BCUT2D eigenvalue weighted by atomic mass is 35.5. The second kappa shape index (κ2) is 6.85. The number of nitrogens with one attached hydrogen (secondary N) is 1. The maximum atomic E-state index is 12.0. The molecule has 27 heavy (non-hydrogen) atoms. The molecule has 0 spiro atoms. The molecule has 1 aliphatic heterocycles. The number of fused-ring (bicyclic) bond motifs is 3. The van der Waals surface area contributed by atoms with E-state index in [0.717, 1.165) is 28.4 Å². The van der Waals surface area contributed by atoms with Gasteiger partial charge in [-0.15, -0.1) is 10.2 Å². The van der Waals surface area contributed by atoms with Gasteiger partial charge in [0.25, 0.3) is 0 Å². The number of urea groups is 1. The smallest absolute Gasteiger partial charge is 0.321 e. The van der Waals surface area contributed by atoms with Crippen molar-refractivity contribution in [1.82, 2.24) is 19.7 Å². The zero-order valence-electron chi connectivity index (χ0n) is 14.8.